The van der Waals surface area contributed by atoms with Gasteiger partial charge in [-0.1, -0.05) is 35.4 Å². The van der Waals surface area contributed by atoms with Crippen LogP contribution in [0.5, 0.6) is 0 Å². The van der Waals surface area contributed by atoms with Crippen LogP contribution in [0.4, 0.5) is 0 Å². The highest BCUT2D eigenvalue weighted by atomic mass is 127. The average molecular weight is 251 g/mol. The van der Waals surface area contributed by atoms with Gasteiger partial charge >= 0.3 is 0 Å². The fraction of sp³-hybridized carbons (Fsp3) is 1.00. The lowest BCUT2D eigenvalue weighted by atomic mass is 10.1. The van der Waals surface area contributed by atoms with E-state index in [1.165, 1.54) is 38.8 Å². The van der Waals surface area contributed by atoms with E-state index in [1.54, 1.807) is 0 Å². The molecular weight excluding hydrogens is 237 g/mol. The number of halogens is 1. The van der Waals surface area contributed by atoms with Crippen molar-refractivity contribution in [3.8, 4) is 0 Å². The van der Waals surface area contributed by atoms with Gasteiger partial charge in [-0.25, -0.2) is 0 Å². The smallest absolute Gasteiger partial charge is 0.0364 e. The average Bonchev–Trinajstić information content (AvgIpc) is 2.31. The van der Waals surface area contributed by atoms with Gasteiger partial charge in [-0.2, -0.15) is 0 Å². The van der Waals surface area contributed by atoms with Crippen molar-refractivity contribution in [1.29, 1.82) is 0 Å². The first-order valence-corrected chi connectivity index (χ1v) is 5.49. The minimum atomic E-state index is 0.957. The lowest BCUT2D eigenvalue weighted by Gasteiger charge is -2.40. The molecule has 0 spiro atoms. The van der Waals surface area contributed by atoms with Crippen LogP contribution in [-0.4, -0.2) is 28.0 Å². The first-order valence-electron chi connectivity index (χ1n) is 4.24. The molecule has 2 rings (SSSR count). The zero-order valence-electron chi connectivity index (χ0n) is 6.22. The maximum atomic E-state index is 2.66. The summed E-state index contributed by atoms with van der Waals surface area (Å²) in [5, 5.41) is 0. The SMILES string of the molecule is IC1CN(C2CCCC2)C1. The van der Waals surface area contributed by atoms with Crippen molar-refractivity contribution in [1.82, 2.24) is 4.90 Å². The Morgan fingerprint density at radius 3 is 2.20 bits per heavy atom. The predicted molar refractivity (Wildman–Crippen MR) is 51.6 cm³/mol. The number of alkyl halides is 1. The van der Waals surface area contributed by atoms with Gasteiger partial charge < -0.3 is 0 Å². The molecular formula is C8H14IN. The molecule has 2 heteroatoms. The zero-order chi connectivity index (χ0) is 6.97. The number of hydrogen-bond acceptors (Lipinski definition) is 1. The number of nitrogens with zero attached hydrogens (tertiary/aromatic N) is 1. The summed E-state index contributed by atoms with van der Waals surface area (Å²) in [7, 11) is 0. The molecule has 1 saturated carbocycles. The molecule has 2 aliphatic rings. The van der Waals surface area contributed by atoms with E-state index in [4.69, 9.17) is 0 Å². The minimum absolute atomic E-state index is 0.957. The number of hydrogen-bond donors (Lipinski definition) is 0. The Morgan fingerprint density at radius 1 is 1.10 bits per heavy atom. The highest BCUT2D eigenvalue weighted by Crippen LogP contribution is 2.29. The Bertz CT molecular complexity index is 114. The van der Waals surface area contributed by atoms with Crippen LogP contribution in [0.1, 0.15) is 25.7 Å². The first kappa shape index (κ1) is 7.35. The largest absolute Gasteiger partial charge is 0.298 e. The summed E-state index contributed by atoms with van der Waals surface area (Å²) in [6.45, 7) is 2.73. The highest BCUT2D eigenvalue weighted by molar-refractivity contribution is 14.1. The van der Waals surface area contributed by atoms with E-state index in [1.807, 2.05) is 0 Å². The topological polar surface area (TPSA) is 3.24 Å². The third-order valence-corrected chi connectivity index (χ3v) is 3.49. The molecule has 0 aromatic rings. The van der Waals surface area contributed by atoms with Gasteiger partial charge in [0.05, 0.1) is 0 Å². The molecule has 0 aromatic carbocycles. The molecule has 0 amide bonds. The van der Waals surface area contributed by atoms with Gasteiger partial charge in [0.25, 0.3) is 0 Å². The molecule has 1 nitrogen and oxygen atoms in total. The van der Waals surface area contributed by atoms with Gasteiger partial charge in [-0.15, -0.1) is 0 Å². The molecule has 0 bridgehead atoms. The van der Waals surface area contributed by atoms with Crippen LogP contribution < -0.4 is 0 Å². The van der Waals surface area contributed by atoms with E-state index in [9.17, 15) is 0 Å². The zero-order valence-corrected chi connectivity index (χ0v) is 8.38. The van der Waals surface area contributed by atoms with Crippen molar-refractivity contribution >= 4 is 22.6 Å². The van der Waals surface area contributed by atoms with Crippen molar-refractivity contribution in [2.45, 2.75) is 35.6 Å². The second kappa shape index (κ2) is 2.97. The van der Waals surface area contributed by atoms with Gasteiger partial charge in [0.15, 0.2) is 0 Å². The maximum Gasteiger partial charge on any atom is 0.0364 e. The summed E-state index contributed by atoms with van der Waals surface area (Å²) in [6, 6.07) is 0.978. The molecule has 0 aromatic heterocycles. The van der Waals surface area contributed by atoms with Crippen molar-refractivity contribution in [2.75, 3.05) is 13.1 Å². The first-order chi connectivity index (χ1) is 4.86. The van der Waals surface area contributed by atoms with Gasteiger partial charge in [0.1, 0.15) is 0 Å². The van der Waals surface area contributed by atoms with Crippen LogP contribution in [0.25, 0.3) is 0 Å². The van der Waals surface area contributed by atoms with Crippen LogP contribution in [0.3, 0.4) is 0 Å². The molecule has 2 fully saturated rings. The second-order valence-electron chi connectivity index (χ2n) is 3.49. The Morgan fingerprint density at radius 2 is 1.70 bits per heavy atom. The molecule has 0 unspecified atom stereocenters. The van der Waals surface area contributed by atoms with E-state index in [0.717, 1.165) is 9.97 Å². The Balaban J connectivity index is 1.78. The molecule has 10 heavy (non-hydrogen) atoms. The van der Waals surface area contributed by atoms with Crippen molar-refractivity contribution in [2.24, 2.45) is 0 Å². The second-order valence-corrected chi connectivity index (χ2v) is 5.25. The summed E-state index contributed by atoms with van der Waals surface area (Å²) in [5.74, 6) is 0. The lowest BCUT2D eigenvalue weighted by Crippen LogP contribution is -2.51. The van der Waals surface area contributed by atoms with E-state index < -0.39 is 0 Å². The van der Waals surface area contributed by atoms with Gasteiger partial charge in [0.2, 0.25) is 0 Å². The minimum Gasteiger partial charge on any atom is -0.298 e. The van der Waals surface area contributed by atoms with Gasteiger partial charge in [-0.3, -0.25) is 4.90 Å². The Labute approximate surface area is 76.3 Å². The third-order valence-electron chi connectivity index (χ3n) is 2.71. The monoisotopic (exact) mass is 251 g/mol. The fourth-order valence-corrected chi connectivity index (χ4v) is 3.03. The third kappa shape index (κ3) is 1.33. The van der Waals surface area contributed by atoms with Crippen LogP contribution in [-0.2, 0) is 0 Å². The number of likely N-dealkylation sites (tertiary alicyclic amines) is 1. The summed E-state index contributed by atoms with van der Waals surface area (Å²) in [5.41, 5.74) is 0. The van der Waals surface area contributed by atoms with Crippen LogP contribution in [0, 0.1) is 0 Å². The Hall–Kier alpha value is 0.690. The molecule has 1 saturated heterocycles. The molecule has 1 heterocycles. The summed E-state index contributed by atoms with van der Waals surface area (Å²) >= 11 is 2.55. The van der Waals surface area contributed by atoms with Crippen LogP contribution >= 0.6 is 22.6 Å². The van der Waals surface area contributed by atoms with E-state index >= 15 is 0 Å². The van der Waals surface area contributed by atoms with Crippen LogP contribution in [0.15, 0.2) is 0 Å². The van der Waals surface area contributed by atoms with Gasteiger partial charge in [0, 0.05) is 23.1 Å². The molecule has 0 atom stereocenters. The molecule has 1 aliphatic heterocycles. The van der Waals surface area contributed by atoms with Crippen molar-refractivity contribution in [3.05, 3.63) is 0 Å². The van der Waals surface area contributed by atoms with Crippen molar-refractivity contribution in [3.63, 3.8) is 0 Å². The summed E-state index contributed by atoms with van der Waals surface area (Å²) < 4.78 is 0.957. The standard InChI is InChI=1S/C8H14IN/c9-7-5-10(6-7)8-3-1-2-4-8/h7-8H,1-6H2. The van der Waals surface area contributed by atoms with Crippen LogP contribution in [0.2, 0.25) is 0 Å². The lowest BCUT2D eigenvalue weighted by molar-refractivity contribution is 0.134. The quantitative estimate of drug-likeness (QED) is 0.509. The van der Waals surface area contributed by atoms with Gasteiger partial charge in [-0.05, 0) is 12.8 Å². The molecule has 0 N–H and O–H groups in total. The molecule has 0 radical (unpaired) electrons. The highest BCUT2D eigenvalue weighted by Gasteiger charge is 2.31. The van der Waals surface area contributed by atoms with E-state index in [0.29, 0.717) is 0 Å². The predicted octanol–water partition coefficient (Wildman–Crippen LogP) is 2.05. The maximum absolute atomic E-state index is 2.66. The Kier molecular flexibility index (Phi) is 2.18. The van der Waals surface area contributed by atoms with E-state index in [-0.39, 0.29) is 0 Å². The molecule has 1 aliphatic carbocycles. The molecule has 58 valence electrons. The normalized spacial score (nSPS) is 30.9. The summed E-state index contributed by atoms with van der Waals surface area (Å²) in [6.07, 6.45) is 5.91. The fourth-order valence-electron chi connectivity index (χ4n) is 2.02. The summed E-state index contributed by atoms with van der Waals surface area (Å²) in [4.78, 5) is 2.66. The number of rotatable bonds is 1. The van der Waals surface area contributed by atoms with Crippen molar-refractivity contribution < 1.29 is 0 Å². The van der Waals surface area contributed by atoms with E-state index in [2.05, 4.69) is 27.5 Å².